The molecule has 6 N–H and O–H groups in total. The zero-order valence-corrected chi connectivity index (χ0v) is 19.4. The Balaban J connectivity index is 1.47. The Kier molecular flexibility index (Phi) is 6.70. The van der Waals surface area contributed by atoms with Crippen LogP contribution in [0.5, 0.6) is 11.5 Å². The monoisotopic (exact) mass is 504 g/mol. The molecule has 2 saturated heterocycles. The van der Waals surface area contributed by atoms with Crippen molar-refractivity contribution in [3.05, 3.63) is 36.4 Å². The van der Waals surface area contributed by atoms with Crippen LogP contribution >= 0.6 is 0 Å². The van der Waals surface area contributed by atoms with Crippen molar-refractivity contribution in [3.63, 3.8) is 0 Å². The van der Waals surface area contributed by atoms with Crippen LogP contribution in [0.1, 0.15) is 13.8 Å². The van der Waals surface area contributed by atoms with Crippen LogP contribution in [-0.4, -0.2) is 102 Å². The molecule has 2 aliphatic rings. The molecule has 0 saturated carbocycles. The fourth-order valence-electron chi connectivity index (χ4n) is 4.33. The Morgan fingerprint density at radius 3 is 1.36 bits per heavy atom. The van der Waals surface area contributed by atoms with E-state index in [2.05, 4.69) is 9.97 Å². The summed E-state index contributed by atoms with van der Waals surface area (Å²) in [6.45, 7) is 3.11. The van der Waals surface area contributed by atoms with Gasteiger partial charge in [0.05, 0.1) is 23.2 Å². The van der Waals surface area contributed by atoms with Crippen molar-refractivity contribution in [1.29, 1.82) is 0 Å². The number of benzene rings is 2. The Morgan fingerprint density at radius 2 is 0.972 bits per heavy atom. The number of para-hydroxylation sites is 2. The summed E-state index contributed by atoms with van der Waals surface area (Å²) in [6, 6.07) is 9.94. The standard InChI is InChI=1S/C24H28N2O10/c1-9-17(27)19(29)21(31)23(33-9)35-13-7-3-5-11-15(13)25-12-6-4-8-14(16(12)26-11)36-24-22(32)20(30)18(28)10(2)34-24/h3-10,17-24,27-32H,1-2H3/t9-,10-,17-,18-,19+,20+,21+,22+,23-,24-/m1/s1. The average molecular weight is 504 g/mol. The van der Waals surface area contributed by atoms with Gasteiger partial charge >= 0.3 is 0 Å². The third kappa shape index (κ3) is 4.35. The van der Waals surface area contributed by atoms with Gasteiger partial charge in [-0.05, 0) is 38.1 Å². The molecule has 3 aromatic rings. The molecule has 0 radical (unpaired) electrons. The summed E-state index contributed by atoms with van der Waals surface area (Å²) in [5.41, 5.74) is 1.55. The third-order valence-corrected chi connectivity index (χ3v) is 6.52. The van der Waals surface area contributed by atoms with E-state index in [0.717, 1.165) is 0 Å². The maximum atomic E-state index is 10.3. The lowest BCUT2D eigenvalue weighted by atomic mass is 10.00. The molecule has 0 aliphatic carbocycles. The maximum absolute atomic E-state index is 10.3. The fraction of sp³-hybridized carbons (Fsp3) is 0.500. The second kappa shape index (κ2) is 9.65. The van der Waals surface area contributed by atoms with Crippen LogP contribution in [0.2, 0.25) is 0 Å². The second-order valence-corrected chi connectivity index (χ2v) is 9.07. The van der Waals surface area contributed by atoms with Gasteiger partial charge in [0.2, 0.25) is 12.6 Å². The zero-order chi connectivity index (χ0) is 25.7. The normalized spacial score (nSPS) is 37.2. The molecule has 2 aliphatic heterocycles. The summed E-state index contributed by atoms with van der Waals surface area (Å²) >= 11 is 0. The summed E-state index contributed by atoms with van der Waals surface area (Å²) in [4.78, 5) is 9.25. The van der Waals surface area contributed by atoms with E-state index in [1.54, 1.807) is 50.2 Å². The van der Waals surface area contributed by atoms with Gasteiger partial charge in [0, 0.05) is 0 Å². The summed E-state index contributed by atoms with van der Waals surface area (Å²) in [7, 11) is 0. The first-order chi connectivity index (χ1) is 17.2. The number of ether oxygens (including phenoxy) is 4. The maximum Gasteiger partial charge on any atom is 0.229 e. The predicted molar refractivity (Wildman–Crippen MR) is 123 cm³/mol. The molecule has 3 heterocycles. The van der Waals surface area contributed by atoms with E-state index in [0.29, 0.717) is 22.1 Å². The fourth-order valence-corrected chi connectivity index (χ4v) is 4.33. The molecule has 2 aromatic carbocycles. The number of aliphatic hydroxyl groups is 6. The highest BCUT2D eigenvalue weighted by Crippen LogP contribution is 2.33. The molecular weight excluding hydrogens is 476 g/mol. The van der Waals surface area contributed by atoms with Gasteiger partial charge in [-0.2, -0.15) is 0 Å². The smallest absolute Gasteiger partial charge is 0.229 e. The minimum atomic E-state index is -1.49. The Morgan fingerprint density at radius 1 is 0.583 bits per heavy atom. The topological polar surface area (TPSA) is 184 Å². The number of fused-ring (bicyclic) bond motifs is 2. The molecule has 36 heavy (non-hydrogen) atoms. The Bertz CT molecular complexity index is 1150. The number of hydrogen-bond acceptors (Lipinski definition) is 12. The van der Waals surface area contributed by atoms with Gasteiger partial charge < -0.3 is 49.6 Å². The van der Waals surface area contributed by atoms with Crippen LogP contribution < -0.4 is 9.47 Å². The van der Waals surface area contributed by atoms with E-state index in [9.17, 15) is 30.6 Å². The van der Waals surface area contributed by atoms with Crippen LogP contribution in [-0.2, 0) is 9.47 Å². The van der Waals surface area contributed by atoms with E-state index in [1.165, 1.54) is 0 Å². The summed E-state index contributed by atoms with van der Waals surface area (Å²) < 4.78 is 22.7. The number of rotatable bonds is 4. The molecule has 0 spiro atoms. The SMILES string of the molecule is C[C@H]1O[C@H](Oc2cccc3nc4c(O[C@H]5O[C@H](C)[C@@H](O)[C@H](O)[C@@H]5O)cccc4nc23)[C@@H](O)[C@@H](O)[C@@H]1O. The first kappa shape index (κ1) is 25.0. The van der Waals surface area contributed by atoms with Gasteiger partial charge in [0.1, 0.15) is 47.7 Å². The summed E-state index contributed by atoms with van der Waals surface area (Å²) in [5.74, 6) is 0.482. The van der Waals surface area contributed by atoms with Gasteiger partial charge in [-0.1, -0.05) is 12.1 Å². The number of hydrogen-bond donors (Lipinski definition) is 6. The molecule has 10 atom stereocenters. The minimum Gasteiger partial charge on any atom is -0.460 e. The minimum absolute atomic E-state index is 0.241. The van der Waals surface area contributed by atoms with Crippen LogP contribution in [0, 0.1) is 0 Å². The predicted octanol–water partition coefficient (Wildman–Crippen LogP) is -0.804. The van der Waals surface area contributed by atoms with E-state index in [-0.39, 0.29) is 11.5 Å². The van der Waals surface area contributed by atoms with Crippen molar-refractivity contribution in [2.24, 2.45) is 0 Å². The van der Waals surface area contributed by atoms with Crippen molar-refractivity contribution in [2.75, 3.05) is 0 Å². The highest BCUT2D eigenvalue weighted by atomic mass is 16.7. The molecule has 0 unspecified atom stereocenters. The van der Waals surface area contributed by atoms with Gasteiger partial charge in [-0.25, -0.2) is 9.97 Å². The molecular formula is C24H28N2O10. The lowest BCUT2D eigenvalue weighted by Gasteiger charge is -2.39. The van der Waals surface area contributed by atoms with Crippen molar-refractivity contribution >= 4 is 22.1 Å². The van der Waals surface area contributed by atoms with Crippen molar-refractivity contribution < 1.29 is 49.6 Å². The molecule has 1 aromatic heterocycles. The largest absolute Gasteiger partial charge is 0.460 e. The van der Waals surface area contributed by atoms with Gasteiger partial charge in [-0.3, -0.25) is 0 Å². The number of nitrogens with zero attached hydrogens (tertiary/aromatic N) is 2. The van der Waals surface area contributed by atoms with E-state index in [1.807, 2.05) is 0 Å². The third-order valence-electron chi connectivity index (χ3n) is 6.52. The summed E-state index contributed by atoms with van der Waals surface area (Å²) in [5, 5.41) is 60.7. The number of aromatic nitrogens is 2. The number of aliphatic hydroxyl groups excluding tert-OH is 6. The quantitative estimate of drug-likeness (QED) is 0.243. The summed E-state index contributed by atoms with van der Waals surface area (Å²) in [6.07, 6.45) is -12.4. The molecule has 0 bridgehead atoms. The van der Waals surface area contributed by atoms with Crippen LogP contribution in [0.15, 0.2) is 36.4 Å². The molecule has 5 rings (SSSR count). The highest BCUT2D eigenvalue weighted by Gasteiger charge is 2.44. The first-order valence-corrected chi connectivity index (χ1v) is 11.6. The lowest BCUT2D eigenvalue weighted by Crippen LogP contribution is -2.58. The average Bonchev–Trinajstić information content (AvgIpc) is 2.87. The van der Waals surface area contributed by atoms with Gasteiger partial charge in [0.15, 0.2) is 11.5 Å². The van der Waals surface area contributed by atoms with Crippen LogP contribution in [0.4, 0.5) is 0 Å². The highest BCUT2D eigenvalue weighted by molar-refractivity contribution is 5.92. The van der Waals surface area contributed by atoms with E-state index >= 15 is 0 Å². The van der Waals surface area contributed by atoms with Crippen molar-refractivity contribution in [1.82, 2.24) is 9.97 Å². The van der Waals surface area contributed by atoms with Crippen molar-refractivity contribution in [3.8, 4) is 11.5 Å². The lowest BCUT2D eigenvalue weighted by molar-refractivity contribution is -0.268. The van der Waals surface area contributed by atoms with Crippen molar-refractivity contribution in [2.45, 2.75) is 75.3 Å². The van der Waals surface area contributed by atoms with E-state index in [4.69, 9.17) is 18.9 Å². The molecule has 2 fully saturated rings. The second-order valence-electron chi connectivity index (χ2n) is 9.07. The first-order valence-electron chi connectivity index (χ1n) is 11.6. The van der Waals surface area contributed by atoms with Crippen LogP contribution in [0.3, 0.4) is 0 Å². The zero-order valence-electron chi connectivity index (χ0n) is 19.4. The molecule has 12 nitrogen and oxygen atoms in total. The molecule has 12 heteroatoms. The van der Waals surface area contributed by atoms with E-state index < -0.39 is 61.4 Å². The van der Waals surface area contributed by atoms with Gasteiger partial charge in [0.25, 0.3) is 0 Å². The van der Waals surface area contributed by atoms with Crippen LogP contribution in [0.25, 0.3) is 22.1 Å². The Hall–Kier alpha value is -2.68. The molecule has 0 amide bonds. The molecule has 194 valence electrons. The Labute approximate surface area is 205 Å². The van der Waals surface area contributed by atoms with Gasteiger partial charge in [-0.15, -0.1) is 0 Å².